The Hall–Kier alpha value is -1.96. The van der Waals surface area contributed by atoms with Gasteiger partial charge < -0.3 is 4.74 Å². The first-order valence-electron chi connectivity index (χ1n) is 8.29. The topological polar surface area (TPSA) is 71.5 Å². The standard InChI is InChI=1S/C18H25N3O3S/c1-4-21(5-2)18(15-8-6-9-16(12-15)24-3)14-20-25(22,23)17-10-7-11-19-13-17/h6-13,18,20H,4-5,14H2,1-3H3. The summed E-state index contributed by atoms with van der Waals surface area (Å²) in [4.78, 5) is 6.25. The highest BCUT2D eigenvalue weighted by molar-refractivity contribution is 7.89. The number of likely N-dealkylation sites (N-methyl/N-ethyl adjacent to an activating group) is 1. The summed E-state index contributed by atoms with van der Waals surface area (Å²) in [6.45, 7) is 6.02. The lowest BCUT2D eigenvalue weighted by Gasteiger charge is -2.30. The molecule has 0 saturated carbocycles. The molecular formula is C18H25N3O3S. The van der Waals surface area contributed by atoms with E-state index in [1.165, 1.54) is 12.3 Å². The number of hydrogen-bond acceptors (Lipinski definition) is 5. The fraction of sp³-hybridized carbons (Fsp3) is 0.389. The molecular weight excluding hydrogens is 338 g/mol. The van der Waals surface area contributed by atoms with Gasteiger partial charge in [-0.1, -0.05) is 26.0 Å². The van der Waals surface area contributed by atoms with Crippen molar-refractivity contribution >= 4 is 10.0 Å². The average Bonchev–Trinajstić information content (AvgIpc) is 2.66. The summed E-state index contributed by atoms with van der Waals surface area (Å²) in [7, 11) is -1.98. The van der Waals surface area contributed by atoms with E-state index in [1.54, 1.807) is 19.4 Å². The molecule has 0 saturated heterocycles. The maximum atomic E-state index is 12.5. The summed E-state index contributed by atoms with van der Waals surface area (Å²) in [5.74, 6) is 0.754. The summed E-state index contributed by atoms with van der Waals surface area (Å²) in [6.07, 6.45) is 2.90. The third kappa shape index (κ3) is 5.01. The van der Waals surface area contributed by atoms with E-state index in [9.17, 15) is 8.42 Å². The first-order valence-corrected chi connectivity index (χ1v) is 9.77. The molecule has 0 aliphatic rings. The summed E-state index contributed by atoms with van der Waals surface area (Å²) in [5.41, 5.74) is 1.01. The van der Waals surface area contributed by atoms with E-state index in [-0.39, 0.29) is 17.5 Å². The number of ether oxygens (including phenoxy) is 1. The fourth-order valence-electron chi connectivity index (χ4n) is 2.75. The van der Waals surface area contributed by atoms with E-state index >= 15 is 0 Å². The summed E-state index contributed by atoms with van der Waals surface area (Å²) in [5, 5.41) is 0. The zero-order valence-electron chi connectivity index (χ0n) is 14.8. The van der Waals surface area contributed by atoms with E-state index < -0.39 is 10.0 Å². The van der Waals surface area contributed by atoms with Crippen molar-refractivity contribution in [3.8, 4) is 5.75 Å². The highest BCUT2D eigenvalue weighted by atomic mass is 32.2. The quantitative estimate of drug-likeness (QED) is 0.741. The van der Waals surface area contributed by atoms with Crippen LogP contribution in [0.25, 0.3) is 0 Å². The average molecular weight is 363 g/mol. The molecule has 1 heterocycles. The Kier molecular flexibility index (Phi) is 6.92. The van der Waals surface area contributed by atoms with Crippen LogP contribution < -0.4 is 9.46 Å². The third-order valence-corrected chi connectivity index (χ3v) is 5.55. The van der Waals surface area contributed by atoms with Gasteiger partial charge in [0.25, 0.3) is 0 Å². The molecule has 1 aromatic carbocycles. The molecule has 1 aromatic heterocycles. The molecule has 0 aliphatic carbocycles. The Morgan fingerprint density at radius 2 is 1.96 bits per heavy atom. The second kappa shape index (κ2) is 8.94. The number of hydrogen-bond donors (Lipinski definition) is 1. The summed E-state index contributed by atoms with van der Waals surface area (Å²) in [6, 6.07) is 10.8. The Labute approximate surface area is 149 Å². The van der Waals surface area contributed by atoms with Crippen LogP contribution in [0, 0.1) is 0 Å². The van der Waals surface area contributed by atoms with Crippen LogP contribution in [0.5, 0.6) is 5.75 Å². The zero-order chi connectivity index (χ0) is 18.3. The fourth-order valence-corrected chi connectivity index (χ4v) is 3.75. The molecule has 1 unspecified atom stereocenters. The van der Waals surface area contributed by atoms with Crippen LogP contribution in [0.3, 0.4) is 0 Å². The van der Waals surface area contributed by atoms with E-state index in [1.807, 2.05) is 24.3 Å². The molecule has 0 radical (unpaired) electrons. The first kappa shape index (κ1) is 19.4. The van der Waals surface area contributed by atoms with Crippen LogP contribution in [0.4, 0.5) is 0 Å². The Morgan fingerprint density at radius 3 is 2.56 bits per heavy atom. The van der Waals surface area contributed by atoms with E-state index in [4.69, 9.17) is 4.74 Å². The molecule has 6 nitrogen and oxygen atoms in total. The molecule has 7 heteroatoms. The Bertz CT molecular complexity index is 762. The molecule has 2 rings (SSSR count). The maximum absolute atomic E-state index is 12.5. The van der Waals surface area contributed by atoms with E-state index in [0.29, 0.717) is 0 Å². The van der Waals surface area contributed by atoms with Gasteiger partial charge in [-0.05, 0) is 42.9 Å². The van der Waals surface area contributed by atoms with Gasteiger partial charge >= 0.3 is 0 Å². The van der Waals surface area contributed by atoms with Gasteiger partial charge in [-0.2, -0.15) is 0 Å². The van der Waals surface area contributed by atoms with E-state index in [2.05, 4.69) is 28.5 Å². The smallest absolute Gasteiger partial charge is 0.242 e. The van der Waals surface area contributed by atoms with Gasteiger partial charge in [-0.15, -0.1) is 0 Å². The van der Waals surface area contributed by atoms with Gasteiger partial charge in [-0.3, -0.25) is 9.88 Å². The van der Waals surface area contributed by atoms with Gasteiger partial charge in [0.15, 0.2) is 0 Å². The normalized spacial score (nSPS) is 13.0. The van der Waals surface area contributed by atoms with Gasteiger partial charge in [-0.25, -0.2) is 13.1 Å². The number of rotatable bonds is 9. The predicted molar refractivity (Wildman–Crippen MR) is 98.1 cm³/mol. The van der Waals surface area contributed by atoms with Crippen molar-refractivity contribution in [2.75, 3.05) is 26.7 Å². The van der Waals surface area contributed by atoms with Crippen LogP contribution in [-0.4, -0.2) is 45.0 Å². The predicted octanol–water partition coefficient (Wildman–Crippen LogP) is 2.45. The van der Waals surface area contributed by atoms with Crippen molar-refractivity contribution in [1.82, 2.24) is 14.6 Å². The van der Waals surface area contributed by atoms with Crippen molar-refractivity contribution in [2.45, 2.75) is 24.8 Å². The minimum Gasteiger partial charge on any atom is -0.497 e. The molecule has 0 aliphatic heterocycles. The van der Waals surface area contributed by atoms with Gasteiger partial charge in [0, 0.05) is 25.0 Å². The SMILES string of the molecule is CCN(CC)C(CNS(=O)(=O)c1cccnc1)c1cccc(OC)c1. The second-order valence-electron chi connectivity index (χ2n) is 5.55. The highest BCUT2D eigenvalue weighted by Crippen LogP contribution is 2.24. The zero-order valence-corrected chi connectivity index (χ0v) is 15.7. The van der Waals surface area contributed by atoms with Gasteiger partial charge in [0.05, 0.1) is 7.11 Å². The van der Waals surface area contributed by atoms with Crippen LogP contribution in [0.2, 0.25) is 0 Å². The number of pyridine rings is 1. The van der Waals surface area contributed by atoms with Crippen molar-refractivity contribution in [2.24, 2.45) is 0 Å². The molecule has 0 bridgehead atoms. The summed E-state index contributed by atoms with van der Waals surface area (Å²) < 4.78 is 33.0. The first-order chi connectivity index (χ1) is 12.0. The van der Waals surface area contributed by atoms with Crippen molar-refractivity contribution in [3.63, 3.8) is 0 Å². The molecule has 2 aromatic rings. The van der Waals surface area contributed by atoms with Crippen LogP contribution >= 0.6 is 0 Å². The lowest BCUT2D eigenvalue weighted by atomic mass is 10.0. The third-order valence-electron chi connectivity index (χ3n) is 4.14. The van der Waals surface area contributed by atoms with Gasteiger partial charge in [0.2, 0.25) is 10.0 Å². The maximum Gasteiger partial charge on any atom is 0.242 e. The van der Waals surface area contributed by atoms with Crippen LogP contribution in [-0.2, 0) is 10.0 Å². The lowest BCUT2D eigenvalue weighted by molar-refractivity contribution is 0.219. The van der Waals surface area contributed by atoms with Crippen molar-refractivity contribution < 1.29 is 13.2 Å². The van der Waals surface area contributed by atoms with E-state index in [0.717, 1.165) is 24.4 Å². The molecule has 25 heavy (non-hydrogen) atoms. The molecule has 0 fully saturated rings. The summed E-state index contributed by atoms with van der Waals surface area (Å²) >= 11 is 0. The lowest BCUT2D eigenvalue weighted by Crippen LogP contribution is -2.38. The molecule has 0 amide bonds. The number of sulfonamides is 1. The monoisotopic (exact) mass is 363 g/mol. The Morgan fingerprint density at radius 1 is 1.20 bits per heavy atom. The number of nitrogens with zero attached hydrogens (tertiary/aromatic N) is 2. The van der Waals surface area contributed by atoms with Crippen LogP contribution in [0.15, 0.2) is 53.7 Å². The molecule has 0 spiro atoms. The van der Waals surface area contributed by atoms with Crippen molar-refractivity contribution in [1.29, 1.82) is 0 Å². The minimum absolute atomic E-state index is 0.0865. The Balaban J connectivity index is 2.25. The van der Waals surface area contributed by atoms with Crippen molar-refractivity contribution in [3.05, 3.63) is 54.4 Å². The van der Waals surface area contributed by atoms with Crippen LogP contribution in [0.1, 0.15) is 25.5 Å². The highest BCUT2D eigenvalue weighted by Gasteiger charge is 2.22. The molecule has 136 valence electrons. The minimum atomic E-state index is -3.60. The number of nitrogens with one attached hydrogen (secondary N) is 1. The number of benzene rings is 1. The molecule has 1 atom stereocenters. The largest absolute Gasteiger partial charge is 0.497 e. The molecule has 1 N–H and O–H groups in total. The second-order valence-corrected chi connectivity index (χ2v) is 7.32. The van der Waals surface area contributed by atoms with Gasteiger partial charge in [0.1, 0.15) is 10.6 Å². The number of methoxy groups -OCH3 is 1. The number of aromatic nitrogens is 1.